The number of nitrogens with one attached hydrogen (secondary N) is 1. The molecule has 0 radical (unpaired) electrons. The van der Waals surface area contributed by atoms with E-state index < -0.39 is 99.6 Å². The van der Waals surface area contributed by atoms with Gasteiger partial charge in [0.05, 0.1) is 43.2 Å². The Bertz CT molecular complexity index is 2200. The van der Waals surface area contributed by atoms with Gasteiger partial charge in [-0.3, -0.25) is 9.59 Å². The minimum atomic E-state index is -2.31. The minimum absolute atomic E-state index is 0.116. The van der Waals surface area contributed by atoms with Crippen LogP contribution in [0.2, 0.25) is 0 Å². The zero-order valence-corrected chi connectivity index (χ0v) is 35.8. The Balaban J connectivity index is 0.898. The third kappa shape index (κ3) is 6.29. The second-order valence-electron chi connectivity index (χ2n) is 19.0. The summed E-state index contributed by atoms with van der Waals surface area (Å²) >= 11 is 0. The van der Waals surface area contributed by atoms with E-state index in [1.54, 1.807) is 69.3 Å². The summed E-state index contributed by atoms with van der Waals surface area (Å²) in [6.45, 7) is 14.1. The summed E-state index contributed by atoms with van der Waals surface area (Å²) in [5.74, 6) is 1.47. The lowest BCUT2D eigenvalue weighted by Crippen LogP contribution is -2.67. The SMILES string of the molecule is C[C@@H]1C(=O)O[C@@H]2[C@@H](O)[C@]34[C@@H]5C[C@@H](C(C)(C)C)[C@@]36[C@H](OC(=O)[C@@H]6OCc3ccc(C(=O)c6ccc(C#CCOCCOCCNC(=O)OC(C)(C)C)cc6)cc3)O[C@]4(C(=O)O5)[C@]12O. The third-order valence-electron chi connectivity index (χ3n) is 13.4. The second-order valence-corrected chi connectivity index (χ2v) is 19.0. The number of esters is 3. The van der Waals surface area contributed by atoms with E-state index in [0.29, 0.717) is 48.6 Å². The average Bonchev–Trinajstić information content (AvgIpc) is 3.94. The van der Waals surface area contributed by atoms with Gasteiger partial charge in [-0.1, -0.05) is 56.9 Å². The van der Waals surface area contributed by atoms with Crippen LogP contribution >= 0.6 is 0 Å². The van der Waals surface area contributed by atoms with Crippen molar-refractivity contribution in [2.24, 2.45) is 28.1 Å². The molecule has 2 spiro atoms. The second kappa shape index (κ2) is 15.4. The molecule has 2 aromatic carbocycles. The van der Waals surface area contributed by atoms with Gasteiger partial charge in [-0.2, -0.15) is 0 Å². The molecule has 16 nitrogen and oxygen atoms in total. The normalized spacial score (nSPS) is 34.9. The average molecular weight is 860 g/mol. The van der Waals surface area contributed by atoms with Gasteiger partial charge in [-0.15, -0.1) is 0 Å². The topological polar surface area (TPSA) is 212 Å². The van der Waals surface area contributed by atoms with Crippen molar-refractivity contribution < 1.29 is 72.1 Å². The number of benzene rings is 2. The molecule has 2 aromatic rings. The van der Waals surface area contributed by atoms with E-state index in [4.69, 9.17) is 37.9 Å². The van der Waals surface area contributed by atoms with Crippen LogP contribution in [0.25, 0.3) is 0 Å². The lowest BCUT2D eigenvalue weighted by molar-refractivity contribution is -0.240. The number of ether oxygens (including phenoxy) is 8. The van der Waals surface area contributed by atoms with E-state index in [1.807, 2.05) is 20.8 Å². The summed E-state index contributed by atoms with van der Waals surface area (Å²) in [5, 5.41) is 27.4. The van der Waals surface area contributed by atoms with Crippen molar-refractivity contribution in [3.05, 3.63) is 70.8 Å². The summed E-state index contributed by atoms with van der Waals surface area (Å²) in [4.78, 5) is 65.9. The van der Waals surface area contributed by atoms with E-state index >= 15 is 0 Å². The smallest absolute Gasteiger partial charge is 0.407 e. The van der Waals surface area contributed by atoms with Crippen LogP contribution in [0.15, 0.2) is 48.5 Å². The minimum Gasteiger partial charge on any atom is -0.459 e. The first-order valence-corrected chi connectivity index (χ1v) is 20.9. The molecule has 2 saturated carbocycles. The van der Waals surface area contributed by atoms with Crippen molar-refractivity contribution in [3.8, 4) is 11.8 Å². The lowest BCUT2D eigenvalue weighted by atomic mass is 9.51. The Morgan fingerprint density at radius 3 is 2.21 bits per heavy atom. The highest BCUT2D eigenvalue weighted by molar-refractivity contribution is 6.09. The molecular formula is C46H53NO15. The number of amides is 1. The van der Waals surface area contributed by atoms with Gasteiger partial charge in [0, 0.05) is 23.2 Å². The summed E-state index contributed by atoms with van der Waals surface area (Å²) in [6.07, 6.45) is -7.27. The van der Waals surface area contributed by atoms with Crippen LogP contribution in [0.5, 0.6) is 0 Å². The van der Waals surface area contributed by atoms with Gasteiger partial charge in [-0.25, -0.2) is 14.4 Å². The van der Waals surface area contributed by atoms with Crippen molar-refractivity contribution in [2.45, 2.75) is 109 Å². The molecule has 1 amide bonds. The molecule has 62 heavy (non-hydrogen) atoms. The molecule has 6 aliphatic rings. The number of hydrogen-bond acceptors (Lipinski definition) is 15. The number of aliphatic hydroxyl groups excluding tert-OH is 1. The van der Waals surface area contributed by atoms with Gasteiger partial charge in [0.2, 0.25) is 11.9 Å². The fraction of sp³-hybridized carbons (Fsp3) is 0.587. The molecule has 332 valence electrons. The van der Waals surface area contributed by atoms with E-state index in [0.717, 1.165) is 0 Å². The number of carbonyl (C=O) groups is 5. The molecule has 8 rings (SSSR count). The van der Waals surface area contributed by atoms with E-state index in [-0.39, 0.29) is 25.4 Å². The van der Waals surface area contributed by atoms with E-state index in [1.165, 1.54) is 6.92 Å². The maximum Gasteiger partial charge on any atom is 0.407 e. The predicted molar refractivity (Wildman–Crippen MR) is 214 cm³/mol. The number of rotatable bonds is 12. The van der Waals surface area contributed by atoms with Gasteiger partial charge < -0.3 is 53.4 Å². The van der Waals surface area contributed by atoms with Gasteiger partial charge in [0.1, 0.15) is 24.4 Å². The van der Waals surface area contributed by atoms with Crippen LogP contribution in [-0.2, 0) is 58.9 Å². The van der Waals surface area contributed by atoms with Gasteiger partial charge in [0.15, 0.2) is 23.6 Å². The maximum absolute atomic E-state index is 14.1. The maximum atomic E-state index is 14.1. The first kappa shape index (κ1) is 43.7. The molecule has 4 heterocycles. The highest BCUT2D eigenvalue weighted by Gasteiger charge is 3.04. The van der Waals surface area contributed by atoms with Crippen LogP contribution in [0.4, 0.5) is 4.79 Å². The number of alkyl carbamates (subject to hydrolysis) is 1. The zero-order chi connectivity index (χ0) is 44.6. The monoisotopic (exact) mass is 859 g/mol. The van der Waals surface area contributed by atoms with E-state index in [9.17, 15) is 34.2 Å². The van der Waals surface area contributed by atoms with Crippen molar-refractivity contribution in [3.63, 3.8) is 0 Å². The largest absolute Gasteiger partial charge is 0.459 e. The van der Waals surface area contributed by atoms with Gasteiger partial charge in [0.25, 0.3) is 0 Å². The van der Waals surface area contributed by atoms with Crippen LogP contribution in [0.1, 0.15) is 81.9 Å². The Kier molecular flexibility index (Phi) is 10.9. The molecule has 3 N–H and O–H groups in total. The summed E-state index contributed by atoms with van der Waals surface area (Å²) < 4.78 is 46.5. The number of hydrogen-bond donors (Lipinski definition) is 3. The Labute approximate surface area is 359 Å². The number of aliphatic hydroxyl groups is 2. The Morgan fingerprint density at radius 1 is 0.887 bits per heavy atom. The highest BCUT2D eigenvalue weighted by atomic mass is 16.8. The molecule has 16 heteroatoms. The predicted octanol–water partition coefficient (Wildman–Crippen LogP) is 3.00. The third-order valence-corrected chi connectivity index (χ3v) is 13.4. The Hall–Kier alpha value is -4.89. The molecule has 4 aliphatic heterocycles. The standard InChI is InChI=1S/C46H53NO15/c1-25-36(50)59-34-33(49)44-31-23-30(41(2,3)4)43(44)35(37(51)60-39(43)61-46(44,38(52)58-31)45(25,34)54)57-24-27-12-16-29(17-13-27)32(48)28-14-10-26(11-15-28)9-8-19-55-21-22-56-20-18-47-40(53)62-42(5,6)7/h10-17,25,30-31,33-35,39,49,54H,18-24H2,1-7H3,(H,47,53)/t25-,30+,31+,33-,34-,35+,39-,43-,44-,45+,46+/m1/s1. The molecule has 4 saturated heterocycles. The Morgan fingerprint density at radius 2 is 1.55 bits per heavy atom. The molecule has 11 atom stereocenters. The number of ketones is 1. The summed E-state index contributed by atoms with van der Waals surface area (Å²) in [5.41, 5.74) is -6.85. The van der Waals surface area contributed by atoms with Crippen molar-refractivity contribution >= 4 is 29.8 Å². The molecule has 0 aromatic heterocycles. The van der Waals surface area contributed by atoms with Crippen LogP contribution in [0, 0.1) is 39.9 Å². The number of fused-ring (bicyclic) bond motifs is 1. The molecule has 2 aliphatic carbocycles. The van der Waals surface area contributed by atoms with Crippen LogP contribution < -0.4 is 5.32 Å². The fourth-order valence-electron chi connectivity index (χ4n) is 11.1. The molecular weight excluding hydrogens is 806 g/mol. The first-order valence-electron chi connectivity index (χ1n) is 20.9. The molecule has 6 fully saturated rings. The van der Waals surface area contributed by atoms with Crippen molar-refractivity contribution in [1.29, 1.82) is 0 Å². The van der Waals surface area contributed by atoms with Gasteiger partial charge >= 0.3 is 24.0 Å². The van der Waals surface area contributed by atoms with Gasteiger partial charge in [-0.05, 0) is 75.3 Å². The van der Waals surface area contributed by atoms with Crippen molar-refractivity contribution in [2.75, 3.05) is 33.0 Å². The highest BCUT2D eigenvalue weighted by Crippen LogP contribution is 2.84. The zero-order valence-electron chi connectivity index (χ0n) is 35.8. The molecule has 0 unspecified atom stereocenters. The lowest BCUT2D eigenvalue weighted by Gasteiger charge is -2.48. The quantitative estimate of drug-likeness (QED) is 0.0921. The van der Waals surface area contributed by atoms with Crippen LogP contribution in [0.3, 0.4) is 0 Å². The first-order chi connectivity index (χ1) is 29.2. The fourth-order valence-corrected chi connectivity index (χ4v) is 11.1. The molecule has 0 bridgehead atoms. The van der Waals surface area contributed by atoms with Crippen molar-refractivity contribution in [1.82, 2.24) is 5.32 Å². The van der Waals surface area contributed by atoms with E-state index in [2.05, 4.69) is 17.2 Å². The number of carbonyl (C=O) groups excluding carboxylic acids is 5. The summed E-state index contributed by atoms with van der Waals surface area (Å²) in [7, 11) is 0. The van der Waals surface area contributed by atoms with Crippen LogP contribution in [-0.4, -0.2) is 120 Å². The summed E-state index contributed by atoms with van der Waals surface area (Å²) in [6, 6.07) is 13.6.